The van der Waals surface area contributed by atoms with Crippen LogP contribution in [0, 0.1) is 0 Å². The van der Waals surface area contributed by atoms with Crippen molar-refractivity contribution in [3.8, 4) is 0 Å². The third kappa shape index (κ3) is 6.35. The maximum absolute atomic E-state index is 5.97. The zero-order valence-corrected chi connectivity index (χ0v) is 16.4. The lowest BCUT2D eigenvalue weighted by atomic mass is 9.93. The zero-order valence-electron chi connectivity index (χ0n) is 16.4. The molecule has 146 valence electrons. The predicted octanol–water partition coefficient (Wildman–Crippen LogP) is 4.04. The van der Waals surface area contributed by atoms with Crippen LogP contribution < -0.4 is 10.6 Å². The smallest absolute Gasteiger partial charge is 0.191 e. The van der Waals surface area contributed by atoms with E-state index in [2.05, 4.69) is 24.5 Å². The van der Waals surface area contributed by atoms with E-state index in [1.54, 1.807) is 6.26 Å². The SMILES string of the molecule is CC(C)OC1CCC(NC(=NCCc2ccco2)NC2CCCC2)CC1. The van der Waals surface area contributed by atoms with Gasteiger partial charge in [-0.05, 0) is 64.5 Å². The highest BCUT2D eigenvalue weighted by Gasteiger charge is 2.24. The summed E-state index contributed by atoms with van der Waals surface area (Å²) in [6.07, 6.45) is 13.1. The van der Waals surface area contributed by atoms with E-state index in [0.717, 1.165) is 50.4 Å². The minimum Gasteiger partial charge on any atom is -0.469 e. The number of hydrogen-bond acceptors (Lipinski definition) is 3. The second-order valence-electron chi connectivity index (χ2n) is 7.99. The quantitative estimate of drug-likeness (QED) is 0.568. The number of nitrogens with one attached hydrogen (secondary N) is 2. The molecule has 1 heterocycles. The van der Waals surface area contributed by atoms with Crippen LogP contribution >= 0.6 is 0 Å². The molecule has 2 saturated carbocycles. The summed E-state index contributed by atoms with van der Waals surface area (Å²) in [4.78, 5) is 4.83. The van der Waals surface area contributed by atoms with Gasteiger partial charge in [-0.3, -0.25) is 4.99 Å². The van der Waals surface area contributed by atoms with Gasteiger partial charge in [0.25, 0.3) is 0 Å². The summed E-state index contributed by atoms with van der Waals surface area (Å²) in [5.41, 5.74) is 0. The van der Waals surface area contributed by atoms with Crippen molar-refractivity contribution in [2.45, 2.75) is 95.9 Å². The number of rotatable bonds is 7. The van der Waals surface area contributed by atoms with Gasteiger partial charge in [0.1, 0.15) is 5.76 Å². The molecule has 2 fully saturated rings. The fraction of sp³-hybridized carbons (Fsp3) is 0.762. The van der Waals surface area contributed by atoms with Crippen LogP contribution in [0.4, 0.5) is 0 Å². The Hall–Kier alpha value is -1.49. The maximum Gasteiger partial charge on any atom is 0.191 e. The first-order valence-corrected chi connectivity index (χ1v) is 10.4. The molecule has 3 rings (SSSR count). The Morgan fingerprint density at radius 2 is 1.81 bits per heavy atom. The average Bonchev–Trinajstić information content (AvgIpc) is 3.30. The first-order chi connectivity index (χ1) is 12.7. The summed E-state index contributed by atoms with van der Waals surface area (Å²) < 4.78 is 11.4. The Kier molecular flexibility index (Phi) is 7.42. The van der Waals surface area contributed by atoms with Crippen molar-refractivity contribution in [3.63, 3.8) is 0 Å². The number of hydrogen-bond donors (Lipinski definition) is 2. The summed E-state index contributed by atoms with van der Waals surface area (Å²) in [6.45, 7) is 5.00. The number of furan rings is 1. The van der Waals surface area contributed by atoms with Gasteiger partial charge in [-0.2, -0.15) is 0 Å². The summed E-state index contributed by atoms with van der Waals surface area (Å²) in [5.74, 6) is 1.98. The third-order valence-corrected chi connectivity index (χ3v) is 5.38. The normalized spacial score (nSPS) is 25.0. The van der Waals surface area contributed by atoms with E-state index in [-0.39, 0.29) is 0 Å². The number of aliphatic imine (C=N–C) groups is 1. The van der Waals surface area contributed by atoms with Crippen LogP contribution in [0.5, 0.6) is 0 Å². The number of nitrogens with zero attached hydrogens (tertiary/aromatic N) is 1. The lowest BCUT2D eigenvalue weighted by molar-refractivity contribution is -0.0152. The molecule has 2 N–H and O–H groups in total. The lowest BCUT2D eigenvalue weighted by Crippen LogP contribution is -2.48. The highest BCUT2D eigenvalue weighted by Crippen LogP contribution is 2.22. The molecule has 0 amide bonds. The molecular formula is C21H35N3O2. The minimum absolute atomic E-state index is 0.326. The predicted molar refractivity (Wildman–Crippen MR) is 106 cm³/mol. The van der Waals surface area contributed by atoms with E-state index in [1.165, 1.54) is 25.7 Å². The molecule has 0 bridgehead atoms. The Morgan fingerprint density at radius 3 is 2.42 bits per heavy atom. The van der Waals surface area contributed by atoms with Gasteiger partial charge < -0.3 is 19.8 Å². The van der Waals surface area contributed by atoms with E-state index in [4.69, 9.17) is 14.1 Å². The standard InChI is InChI=1S/C21H35N3O2/c1-16(2)26-20-11-9-18(10-12-20)24-21(23-17-6-3-4-7-17)22-14-13-19-8-5-15-25-19/h5,8,15-18,20H,3-4,6-7,9-14H2,1-2H3,(H2,22,23,24). The van der Waals surface area contributed by atoms with Crippen LogP contribution in [-0.2, 0) is 11.2 Å². The summed E-state index contributed by atoms with van der Waals surface area (Å²) in [5, 5.41) is 7.35. The molecular weight excluding hydrogens is 326 g/mol. The van der Waals surface area contributed by atoms with E-state index in [1.807, 2.05) is 12.1 Å². The summed E-state index contributed by atoms with van der Waals surface area (Å²) in [6, 6.07) is 5.03. The highest BCUT2D eigenvalue weighted by molar-refractivity contribution is 5.80. The van der Waals surface area contributed by atoms with Crippen LogP contribution in [0.15, 0.2) is 27.8 Å². The molecule has 2 aliphatic rings. The van der Waals surface area contributed by atoms with Crippen molar-refractivity contribution in [1.82, 2.24) is 10.6 Å². The molecule has 5 nitrogen and oxygen atoms in total. The molecule has 0 spiro atoms. The van der Waals surface area contributed by atoms with Crippen LogP contribution in [0.25, 0.3) is 0 Å². The first-order valence-electron chi connectivity index (χ1n) is 10.4. The van der Waals surface area contributed by atoms with Crippen LogP contribution in [0.3, 0.4) is 0 Å². The summed E-state index contributed by atoms with van der Waals surface area (Å²) >= 11 is 0. The lowest BCUT2D eigenvalue weighted by Gasteiger charge is -2.31. The first kappa shape index (κ1) is 19.3. The molecule has 0 aromatic carbocycles. The molecule has 0 aliphatic heterocycles. The Morgan fingerprint density at radius 1 is 1.12 bits per heavy atom. The molecule has 0 radical (unpaired) electrons. The van der Waals surface area contributed by atoms with Crippen LogP contribution in [-0.4, -0.2) is 36.8 Å². The Labute approximate surface area is 158 Å². The molecule has 1 aromatic rings. The van der Waals surface area contributed by atoms with E-state index < -0.39 is 0 Å². The van der Waals surface area contributed by atoms with Crippen molar-refractivity contribution < 1.29 is 9.15 Å². The molecule has 0 atom stereocenters. The van der Waals surface area contributed by atoms with Gasteiger partial charge in [0.2, 0.25) is 0 Å². The van der Waals surface area contributed by atoms with Crippen LogP contribution in [0.1, 0.15) is 71.0 Å². The monoisotopic (exact) mass is 361 g/mol. The molecule has 5 heteroatoms. The molecule has 0 saturated heterocycles. The third-order valence-electron chi connectivity index (χ3n) is 5.38. The highest BCUT2D eigenvalue weighted by atomic mass is 16.5. The Bertz CT molecular complexity index is 527. The summed E-state index contributed by atoms with van der Waals surface area (Å²) in [7, 11) is 0. The second kappa shape index (κ2) is 10.0. The minimum atomic E-state index is 0.326. The molecule has 2 aliphatic carbocycles. The number of guanidine groups is 1. The van der Waals surface area contributed by atoms with Gasteiger partial charge in [-0.1, -0.05) is 12.8 Å². The van der Waals surface area contributed by atoms with Crippen molar-refractivity contribution in [1.29, 1.82) is 0 Å². The van der Waals surface area contributed by atoms with E-state index >= 15 is 0 Å². The number of ether oxygens (including phenoxy) is 1. The van der Waals surface area contributed by atoms with Crippen molar-refractivity contribution in [2.24, 2.45) is 4.99 Å². The second-order valence-corrected chi connectivity index (χ2v) is 7.99. The molecule has 26 heavy (non-hydrogen) atoms. The fourth-order valence-corrected chi connectivity index (χ4v) is 4.05. The Balaban J connectivity index is 1.49. The zero-order chi connectivity index (χ0) is 18.2. The van der Waals surface area contributed by atoms with Gasteiger partial charge in [0, 0.05) is 25.0 Å². The van der Waals surface area contributed by atoms with Crippen LogP contribution in [0.2, 0.25) is 0 Å². The van der Waals surface area contributed by atoms with Crippen molar-refractivity contribution >= 4 is 5.96 Å². The molecule has 1 aromatic heterocycles. The van der Waals surface area contributed by atoms with Crippen molar-refractivity contribution in [3.05, 3.63) is 24.2 Å². The fourth-order valence-electron chi connectivity index (χ4n) is 4.05. The largest absolute Gasteiger partial charge is 0.469 e. The maximum atomic E-state index is 5.97. The molecule has 0 unspecified atom stereocenters. The van der Waals surface area contributed by atoms with Crippen molar-refractivity contribution in [2.75, 3.05) is 6.54 Å². The van der Waals surface area contributed by atoms with Gasteiger partial charge >= 0.3 is 0 Å². The topological polar surface area (TPSA) is 58.8 Å². The van der Waals surface area contributed by atoms with E-state index in [9.17, 15) is 0 Å². The van der Waals surface area contributed by atoms with Gasteiger partial charge in [0.15, 0.2) is 5.96 Å². The van der Waals surface area contributed by atoms with E-state index in [0.29, 0.717) is 24.3 Å². The van der Waals surface area contributed by atoms with Gasteiger partial charge in [-0.25, -0.2) is 0 Å². The average molecular weight is 362 g/mol. The van der Waals surface area contributed by atoms with Gasteiger partial charge in [0.05, 0.1) is 18.5 Å². The van der Waals surface area contributed by atoms with Gasteiger partial charge in [-0.15, -0.1) is 0 Å².